The van der Waals surface area contributed by atoms with Crippen molar-refractivity contribution in [2.45, 2.75) is 65.5 Å². The van der Waals surface area contributed by atoms with Crippen molar-refractivity contribution in [2.75, 3.05) is 76.9 Å². The van der Waals surface area contributed by atoms with Crippen LogP contribution >= 0.6 is 12.4 Å². The number of hydrogen-bond acceptors (Lipinski definition) is 9. The topological polar surface area (TPSA) is 114 Å². The maximum atomic E-state index is 14.4. The first-order chi connectivity index (χ1) is 23.5. The van der Waals surface area contributed by atoms with Gasteiger partial charge in [-0.15, -0.1) is 12.4 Å². The van der Waals surface area contributed by atoms with E-state index in [1.165, 1.54) is 30.1 Å². The Bertz CT molecular complexity index is 1610. The van der Waals surface area contributed by atoms with E-state index in [1.807, 2.05) is 27.7 Å². The Hall–Kier alpha value is -2.88. The Morgan fingerprint density at radius 1 is 1.02 bits per heavy atom. The van der Waals surface area contributed by atoms with Crippen molar-refractivity contribution >= 4 is 34.3 Å². The number of ether oxygens (including phenoxy) is 1. The summed E-state index contributed by atoms with van der Waals surface area (Å²) >= 11 is 0. The SMILES string of the molecule is CC(C)N(C(=O)c1cc(F)ccc1Oc1cncnc1N1CC2(CCN(CC3=CCN(S(=O)(=O)N4CCCNCC4)CC3)CC2)C1)C(C)C.Cl. The van der Waals surface area contributed by atoms with E-state index >= 15 is 0 Å². The molecule has 1 amide bonds. The van der Waals surface area contributed by atoms with Crippen molar-refractivity contribution in [1.82, 2.24) is 33.7 Å². The van der Waals surface area contributed by atoms with Gasteiger partial charge in [0.1, 0.15) is 17.9 Å². The van der Waals surface area contributed by atoms with Crippen molar-refractivity contribution in [1.29, 1.82) is 0 Å². The Kier molecular flexibility index (Phi) is 12.4. The molecule has 3 saturated heterocycles. The molecule has 50 heavy (non-hydrogen) atoms. The number of aromatic nitrogens is 2. The number of carbonyl (C=O) groups is 1. The van der Waals surface area contributed by atoms with Gasteiger partial charge in [-0.25, -0.2) is 14.4 Å². The number of rotatable bonds is 10. The second-order valence-electron chi connectivity index (χ2n) is 14.5. The highest BCUT2D eigenvalue weighted by Crippen LogP contribution is 2.45. The van der Waals surface area contributed by atoms with Crippen molar-refractivity contribution in [3.63, 3.8) is 0 Å². The Labute approximate surface area is 302 Å². The Balaban J connectivity index is 0.00000486. The third kappa shape index (κ3) is 8.42. The van der Waals surface area contributed by atoms with Gasteiger partial charge >= 0.3 is 0 Å². The van der Waals surface area contributed by atoms with Gasteiger partial charge in [-0.05, 0) is 91.2 Å². The van der Waals surface area contributed by atoms with Crippen LogP contribution in [0.3, 0.4) is 0 Å². The highest BCUT2D eigenvalue weighted by Gasteiger charge is 2.46. The fourth-order valence-corrected chi connectivity index (χ4v) is 9.26. The predicted octanol–water partition coefficient (Wildman–Crippen LogP) is 4.16. The fraction of sp³-hybridized carbons (Fsp3) is 0.629. The number of carbonyl (C=O) groups excluding carboxylic acids is 1. The minimum absolute atomic E-state index is 0. The van der Waals surface area contributed by atoms with Crippen molar-refractivity contribution in [3.05, 3.63) is 53.8 Å². The van der Waals surface area contributed by atoms with E-state index in [0.29, 0.717) is 44.3 Å². The van der Waals surface area contributed by atoms with Crippen LogP contribution in [0.25, 0.3) is 0 Å². The van der Waals surface area contributed by atoms with Crippen LogP contribution in [0.2, 0.25) is 0 Å². The van der Waals surface area contributed by atoms with E-state index in [4.69, 9.17) is 4.74 Å². The van der Waals surface area contributed by atoms with Crippen molar-refractivity contribution in [2.24, 2.45) is 5.41 Å². The molecule has 276 valence electrons. The quantitative estimate of drug-likeness (QED) is 0.360. The Morgan fingerprint density at radius 3 is 2.44 bits per heavy atom. The van der Waals surface area contributed by atoms with E-state index < -0.39 is 16.0 Å². The molecule has 0 radical (unpaired) electrons. The lowest BCUT2D eigenvalue weighted by atomic mass is 9.72. The highest BCUT2D eigenvalue weighted by molar-refractivity contribution is 7.86. The van der Waals surface area contributed by atoms with Crippen LogP contribution in [0.4, 0.5) is 10.2 Å². The lowest BCUT2D eigenvalue weighted by Gasteiger charge is -2.54. The van der Waals surface area contributed by atoms with Crippen LogP contribution in [0.5, 0.6) is 11.5 Å². The fourth-order valence-electron chi connectivity index (χ4n) is 7.66. The molecular formula is C35H52ClFN8O4S. The summed E-state index contributed by atoms with van der Waals surface area (Å²) in [4.78, 5) is 28.7. The van der Waals surface area contributed by atoms with Crippen LogP contribution in [0.15, 0.2) is 42.4 Å². The molecule has 1 spiro atoms. The lowest BCUT2D eigenvalue weighted by Crippen LogP contribution is -2.60. The molecular weight excluding hydrogens is 683 g/mol. The molecule has 1 aromatic carbocycles. The summed E-state index contributed by atoms with van der Waals surface area (Å²) in [5.41, 5.74) is 1.68. The summed E-state index contributed by atoms with van der Waals surface area (Å²) in [5.74, 6) is 0.584. The summed E-state index contributed by atoms with van der Waals surface area (Å²) in [7, 11) is -3.43. The molecule has 6 rings (SSSR count). The van der Waals surface area contributed by atoms with Gasteiger partial charge in [-0.3, -0.25) is 9.69 Å². The number of piperidine rings is 1. The van der Waals surface area contributed by atoms with Gasteiger partial charge < -0.3 is 19.9 Å². The molecule has 1 N–H and O–H groups in total. The summed E-state index contributed by atoms with van der Waals surface area (Å²) < 4.78 is 50.3. The smallest absolute Gasteiger partial charge is 0.282 e. The molecule has 0 atom stereocenters. The van der Waals surface area contributed by atoms with Crippen LogP contribution < -0.4 is 15.0 Å². The molecule has 3 fully saturated rings. The number of anilines is 1. The summed E-state index contributed by atoms with van der Waals surface area (Å²) in [6, 6.07) is 3.90. The second kappa shape index (κ2) is 16.2. The first-order valence-electron chi connectivity index (χ1n) is 17.7. The number of nitrogens with zero attached hydrogens (tertiary/aromatic N) is 7. The van der Waals surface area contributed by atoms with Crippen molar-refractivity contribution < 1.29 is 22.3 Å². The third-order valence-corrected chi connectivity index (χ3v) is 12.3. The highest BCUT2D eigenvalue weighted by atomic mass is 35.5. The molecule has 0 aliphatic carbocycles. The molecule has 5 heterocycles. The number of halogens is 2. The van der Waals surface area contributed by atoms with Gasteiger partial charge in [0.25, 0.3) is 16.1 Å². The molecule has 0 bridgehead atoms. The van der Waals surface area contributed by atoms with Gasteiger partial charge in [0.15, 0.2) is 11.6 Å². The van der Waals surface area contributed by atoms with Crippen molar-refractivity contribution in [3.8, 4) is 11.5 Å². The zero-order chi connectivity index (χ0) is 34.8. The molecule has 4 aliphatic rings. The minimum Gasteiger partial charge on any atom is -0.451 e. The van der Waals surface area contributed by atoms with Crippen LogP contribution in [0.1, 0.15) is 63.7 Å². The van der Waals surface area contributed by atoms with E-state index in [2.05, 4.69) is 31.2 Å². The monoisotopic (exact) mass is 734 g/mol. The normalized spacial score (nSPS) is 20.6. The van der Waals surface area contributed by atoms with Gasteiger partial charge in [-0.2, -0.15) is 17.0 Å². The molecule has 0 unspecified atom stereocenters. The second-order valence-corrected chi connectivity index (χ2v) is 16.4. The number of nitrogens with one attached hydrogen (secondary N) is 1. The largest absolute Gasteiger partial charge is 0.451 e. The van der Waals surface area contributed by atoms with Crippen LogP contribution in [0, 0.1) is 11.2 Å². The van der Waals surface area contributed by atoms with E-state index in [0.717, 1.165) is 65.0 Å². The number of hydrogen-bond donors (Lipinski definition) is 1. The molecule has 0 saturated carbocycles. The first-order valence-corrected chi connectivity index (χ1v) is 19.1. The van der Waals surface area contributed by atoms with Crippen LogP contribution in [-0.2, 0) is 10.2 Å². The first kappa shape index (κ1) is 38.4. The average Bonchev–Trinajstić information content (AvgIpc) is 3.36. The maximum absolute atomic E-state index is 14.4. The van der Waals surface area contributed by atoms with Gasteiger partial charge in [-0.1, -0.05) is 11.6 Å². The van der Waals surface area contributed by atoms with Gasteiger partial charge in [0.05, 0.1) is 11.8 Å². The van der Waals surface area contributed by atoms with Crippen LogP contribution in [-0.4, -0.2) is 127 Å². The third-order valence-electron chi connectivity index (χ3n) is 10.3. The minimum atomic E-state index is -3.43. The Morgan fingerprint density at radius 2 is 1.76 bits per heavy atom. The average molecular weight is 735 g/mol. The number of likely N-dealkylation sites (tertiary alicyclic amines) is 1. The van der Waals surface area contributed by atoms with E-state index in [1.54, 1.807) is 19.7 Å². The molecule has 12 nitrogen and oxygen atoms in total. The maximum Gasteiger partial charge on any atom is 0.282 e. The van der Waals surface area contributed by atoms with Gasteiger partial charge in [0.2, 0.25) is 0 Å². The molecule has 4 aliphatic heterocycles. The molecule has 1 aromatic heterocycles. The van der Waals surface area contributed by atoms with E-state index in [-0.39, 0.29) is 47.1 Å². The molecule has 15 heteroatoms. The number of amides is 1. The standard InChI is InChI=1S/C35H51FN8O4S.ClH/c1-26(2)44(27(3)4)34(45)30-20-29(36)6-7-31(30)48-32-21-38-25-39-33(32)41-23-35(24-41)10-17-40(18-11-35)22-28-8-15-43(16-9-28)49(46,47)42-14-5-12-37-13-19-42;/h6-8,20-21,25-27,37H,5,9-19,22-24H2,1-4H3;1H. The lowest BCUT2D eigenvalue weighted by molar-refractivity contribution is 0.0640. The summed E-state index contributed by atoms with van der Waals surface area (Å²) in [5, 5.41) is 3.28. The van der Waals surface area contributed by atoms with E-state index in [9.17, 15) is 17.6 Å². The predicted molar refractivity (Wildman–Crippen MR) is 195 cm³/mol. The summed E-state index contributed by atoms with van der Waals surface area (Å²) in [6.45, 7) is 16.0. The zero-order valence-electron chi connectivity index (χ0n) is 29.7. The zero-order valence-corrected chi connectivity index (χ0v) is 31.3. The number of benzene rings is 1. The molecule has 2 aromatic rings. The van der Waals surface area contributed by atoms with Gasteiger partial charge in [0, 0.05) is 69.9 Å². The summed E-state index contributed by atoms with van der Waals surface area (Å²) in [6.07, 6.45) is 8.97.